The van der Waals surface area contributed by atoms with Crippen LogP contribution in [0.25, 0.3) is 32.3 Å². The maximum absolute atomic E-state index is 6.51. The van der Waals surface area contributed by atoms with E-state index in [0.717, 1.165) is 115 Å². The number of ether oxygens (including phenoxy) is 4. The molecule has 4 aromatic rings. The first-order chi connectivity index (χ1) is 24.1. The lowest BCUT2D eigenvalue weighted by Gasteiger charge is -2.20. The number of thioether (sulfide) groups is 1. The number of halogens is 1. The van der Waals surface area contributed by atoms with Crippen molar-refractivity contribution in [2.24, 2.45) is 0 Å². The molecule has 0 amide bonds. The normalized spacial score (nSPS) is 11.6. The van der Waals surface area contributed by atoms with Crippen molar-refractivity contribution >= 4 is 60.0 Å². The van der Waals surface area contributed by atoms with E-state index in [1.54, 1.807) is 0 Å². The van der Waals surface area contributed by atoms with Gasteiger partial charge in [-0.05, 0) is 123 Å². The van der Waals surface area contributed by atoms with Gasteiger partial charge >= 0.3 is 0 Å². The van der Waals surface area contributed by atoms with E-state index >= 15 is 0 Å². The van der Waals surface area contributed by atoms with Crippen LogP contribution in [0.1, 0.15) is 131 Å². The minimum atomic E-state index is 0.682. The number of hydrogen-bond donors (Lipinski definition) is 0. The van der Waals surface area contributed by atoms with Gasteiger partial charge < -0.3 is 18.9 Å². The molecule has 0 aliphatic heterocycles. The molecule has 0 bridgehead atoms. The molecule has 0 saturated carbocycles. The van der Waals surface area contributed by atoms with Crippen molar-refractivity contribution in [3.63, 3.8) is 0 Å². The van der Waals surface area contributed by atoms with Gasteiger partial charge in [0.15, 0.2) is 23.0 Å². The predicted octanol–water partition coefficient (Wildman–Crippen LogP) is 14.5. The number of unbranched alkanes of at least 4 members (excludes halogenated alkanes) is 10. The maximum Gasteiger partial charge on any atom is 0.161 e. The van der Waals surface area contributed by atoms with Crippen molar-refractivity contribution in [1.82, 2.24) is 0 Å². The summed E-state index contributed by atoms with van der Waals surface area (Å²) in [5.41, 5.74) is 0. The topological polar surface area (TPSA) is 36.9 Å². The Morgan fingerprint density at radius 3 is 1.06 bits per heavy atom. The van der Waals surface area contributed by atoms with E-state index in [9.17, 15) is 0 Å². The monoisotopic (exact) mass is 752 g/mol. The molecule has 0 aromatic heterocycles. The molecule has 49 heavy (non-hydrogen) atoms. The zero-order chi connectivity index (χ0) is 34.8. The molecule has 0 saturated heterocycles. The molecule has 0 aliphatic carbocycles. The first-order valence-corrected chi connectivity index (χ1v) is 21.2. The molecule has 4 aromatic carbocycles. The summed E-state index contributed by atoms with van der Waals surface area (Å²) in [7, 11) is 0. The van der Waals surface area contributed by atoms with Gasteiger partial charge in [-0.1, -0.05) is 98.8 Å². The van der Waals surface area contributed by atoms with Gasteiger partial charge in [-0.25, -0.2) is 0 Å². The zero-order valence-corrected chi connectivity index (χ0v) is 33.4. The number of hydrogen-bond acceptors (Lipinski definition) is 5. The molecule has 0 N–H and O–H groups in total. The number of fused-ring (bicyclic) bond motifs is 6. The Hall–Kier alpha value is -2.31. The second-order valence-electron chi connectivity index (χ2n) is 13.3. The average molecular weight is 754 g/mol. The fourth-order valence-corrected chi connectivity index (χ4v) is 7.90. The fourth-order valence-electron chi connectivity index (χ4n) is 6.24. The van der Waals surface area contributed by atoms with E-state index in [1.165, 1.54) is 52.1 Å². The van der Waals surface area contributed by atoms with E-state index in [2.05, 4.69) is 86.9 Å². The van der Waals surface area contributed by atoms with Crippen LogP contribution >= 0.6 is 27.7 Å². The molecular weight excluding hydrogens is 692 g/mol. The van der Waals surface area contributed by atoms with Crippen LogP contribution in [0.2, 0.25) is 0 Å². The molecule has 4 rings (SSSR count). The lowest BCUT2D eigenvalue weighted by atomic mass is 9.93. The van der Waals surface area contributed by atoms with Crippen LogP contribution in [0.3, 0.4) is 0 Å². The van der Waals surface area contributed by atoms with E-state index in [0.29, 0.717) is 26.4 Å². The molecule has 4 nitrogen and oxygen atoms in total. The Balaban J connectivity index is 1.95. The summed E-state index contributed by atoms with van der Waals surface area (Å²) in [5, 5.41) is 7.11. The molecule has 0 heterocycles. The first kappa shape index (κ1) is 39.5. The lowest BCUT2D eigenvalue weighted by Crippen LogP contribution is -2.04. The largest absolute Gasteiger partial charge is 0.490 e. The first-order valence-electron chi connectivity index (χ1n) is 19.4. The van der Waals surface area contributed by atoms with Crippen molar-refractivity contribution in [3.05, 3.63) is 40.9 Å². The number of rotatable bonds is 25. The Bertz CT molecular complexity index is 1540. The van der Waals surface area contributed by atoms with E-state index < -0.39 is 0 Å². The summed E-state index contributed by atoms with van der Waals surface area (Å²) in [5.74, 6) is 4.44. The van der Waals surface area contributed by atoms with Crippen LogP contribution in [0, 0.1) is 0 Å². The summed E-state index contributed by atoms with van der Waals surface area (Å²) >= 11 is 5.92. The zero-order valence-electron chi connectivity index (χ0n) is 31.0. The number of benzene rings is 4. The molecular formula is C43H61BrO4S. The Morgan fingerprint density at radius 2 is 0.714 bits per heavy atom. The summed E-state index contributed by atoms with van der Waals surface area (Å²) < 4.78 is 27.2. The lowest BCUT2D eigenvalue weighted by molar-refractivity contribution is 0.260. The third-order valence-corrected chi connectivity index (χ3v) is 11.2. The van der Waals surface area contributed by atoms with Crippen molar-refractivity contribution < 1.29 is 18.9 Å². The standard InChI is InChI=1S/C43H61BrO4S/c1-6-11-16-21-45-39-27-33-32-26-38(44)43(49-25-20-15-10-5)31-37(32)36-30-42(48-24-19-14-9-4)41(47-23-18-13-8-3)29-35(36)34(33)28-40(39)46-22-17-12-7-2/h26-31H,6-25H2,1-5H3. The van der Waals surface area contributed by atoms with Crippen molar-refractivity contribution in [1.29, 1.82) is 0 Å². The van der Waals surface area contributed by atoms with Gasteiger partial charge in [0, 0.05) is 9.37 Å². The minimum absolute atomic E-state index is 0.682. The Kier molecular flexibility index (Phi) is 17.6. The van der Waals surface area contributed by atoms with Crippen LogP contribution < -0.4 is 18.9 Å². The third kappa shape index (κ3) is 11.3. The van der Waals surface area contributed by atoms with E-state index in [1.807, 2.05) is 11.8 Å². The molecule has 0 spiro atoms. The van der Waals surface area contributed by atoms with Gasteiger partial charge in [-0.15, -0.1) is 11.8 Å². The molecule has 6 heteroatoms. The molecule has 0 atom stereocenters. The third-order valence-electron chi connectivity index (χ3n) is 9.14. The minimum Gasteiger partial charge on any atom is -0.490 e. The predicted molar refractivity (Wildman–Crippen MR) is 217 cm³/mol. The molecule has 0 radical (unpaired) electrons. The average Bonchev–Trinajstić information content (AvgIpc) is 3.11. The van der Waals surface area contributed by atoms with Crippen LogP contribution in [-0.4, -0.2) is 32.2 Å². The highest BCUT2D eigenvalue weighted by Crippen LogP contribution is 2.46. The van der Waals surface area contributed by atoms with Crippen LogP contribution in [-0.2, 0) is 0 Å². The van der Waals surface area contributed by atoms with Crippen LogP contribution in [0.15, 0.2) is 45.8 Å². The molecule has 0 fully saturated rings. The van der Waals surface area contributed by atoms with Gasteiger partial charge in [0.2, 0.25) is 0 Å². The Morgan fingerprint density at radius 1 is 0.408 bits per heavy atom. The quantitative estimate of drug-likeness (QED) is 0.0383. The van der Waals surface area contributed by atoms with Crippen molar-refractivity contribution in [2.45, 2.75) is 136 Å². The fraction of sp³-hybridized carbons (Fsp3) is 0.581. The van der Waals surface area contributed by atoms with E-state index in [-0.39, 0.29) is 0 Å². The SMILES string of the molecule is CCCCCOc1cc2c3cc(Br)c(SCCCCC)cc3c3cc(OCCCCC)c(OCCCCC)cc3c2cc1OCCCCC. The highest BCUT2D eigenvalue weighted by atomic mass is 79.9. The van der Waals surface area contributed by atoms with Gasteiger partial charge in [-0.2, -0.15) is 0 Å². The Labute approximate surface area is 309 Å². The van der Waals surface area contributed by atoms with Crippen LogP contribution in [0.4, 0.5) is 0 Å². The maximum atomic E-state index is 6.51. The van der Waals surface area contributed by atoms with E-state index in [4.69, 9.17) is 18.9 Å². The highest BCUT2D eigenvalue weighted by molar-refractivity contribution is 9.10. The summed E-state index contributed by atoms with van der Waals surface area (Å²) in [6, 6.07) is 13.6. The molecule has 0 unspecified atom stereocenters. The second kappa shape index (κ2) is 21.8. The van der Waals surface area contributed by atoms with Crippen LogP contribution in [0.5, 0.6) is 23.0 Å². The second-order valence-corrected chi connectivity index (χ2v) is 15.3. The highest BCUT2D eigenvalue weighted by Gasteiger charge is 2.19. The summed E-state index contributed by atoms with van der Waals surface area (Å²) in [6.45, 7) is 13.9. The summed E-state index contributed by atoms with van der Waals surface area (Å²) in [6.07, 6.45) is 17.1. The smallest absolute Gasteiger partial charge is 0.161 e. The van der Waals surface area contributed by atoms with Gasteiger partial charge in [0.1, 0.15) is 0 Å². The van der Waals surface area contributed by atoms with Gasteiger partial charge in [0.05, 0.1) is 26.4 Å². The van der Waals surface area contributed by atoms with Crippen molar-refractivity contribution in [3.8, 4) is 23.0 Å². The summed E-state index contributed by atoms with van der Waals surface area (Å²) in [4.78, 5) is 1.28. The van der Waals surface area contributed by atoms with Gasteiger partial charge in [-0.3, -0.25) is 0 Å². The molecule has 270 valence electrons. The molecule has 0 aliphatic rings. The van der Waals surface area contributed by atoms with Crippen molar-refractivity contribution in [2.75, 3.05) is 32.2 Å². The van der Waals surface area contributed by atoms with Gasteiger partial charge in [0.25, 0.3) is 0 Å².